The number of nitrogens with zero attached hydrogens (tertiary/aromatic N) is 3. The second kappa shape index (κ2) is 7.22. The molecule has 0 spiro atoms. The van der Waals surface area contributed by atoms with Crippen LogP contribution in [0.5, 0.6) is 0 Å². The van der Waals surface area contributed by atoms with Gasteiger partial charge in [-0.2, -0.15) is 13.2 Å². The first-order valence-electron chi connectivity index (χ1n) is 10.1. The number of carboxylic acids is 1. The summed E-state index contributed by atoms with van der Waals surface area (Å²) in [6, 6.07) is 7.93. The zero-order chi connectivity index (χ0) is 22.6. The number of furan rings is 1. The minimum atomic E-state index is -4.49. The van der Waals surface area contributed by atoms with Gasteiger partial charge in [0.15, 0.2) is 5.82 Å². The third-order valence-electron chi connectivity index (χ3n) is 5.87. The number of carboxylic acid groups (broad SMARTS) is 1. The molecule has 0 amide bonds. The molecule has 1 saturated heterocycles. The third kappa shape index (κ3) is 3.34. The van der Waals surface area contributed by atoms with Crippen molar-refractivity contribution in [1.82, 2.24) is 9.97 Å². The summed E-state index contributed by atoms with van der Waals surface area (Å²) >= 11 is 0. The predicted octanol–water partition coefficient (Wildman–Crippen LogP) is 5.75. The number of halogens is 3. The molecule has 4 aromatic rings. The van der Waals surface area contributed by atoms with Crippen LogP contribution in [0.15, 0.2) is 47.1 Å². The van der Waals surface area contributed by atoms with Crippen LogP contribution in [-0.2, 0) is 6.18 Å². The number of anilines is 1. The maximum Gasteiger partial charge on any atom is 0.416 e. The number of carbonyl (C=O) groups is 1. The first-order valence-corrected chi connectivity index (χ1v) is 10.1. The van der Waals surface area contributed by atoms with E-state index in [1.165, 1.54) is 24.5 Å². The van der Waals surface area contributed by atoms with Crippen LogP contribution in [0.3, 0.4) is 0 Å². The third-order valence-corrected chi connectivity index (χ3v) is 5.87. The van der Waals surface area contributed by atoms with Crippen molar-refractivity contribution < 1.29 is 27.5 Å². The lowest BCUT2D eigenvalue weighted by Crippen LogP contribution is -2.28. The molecule has 164 valence electrons. The van der Waals surface area contributed by atoms with Crippen molar-refractivity contribution in [3.8, 4) is 11.3 Å². The van der Waals surface area contributed by atoms with Gasteiger partial charge in [0.05, 0.1) is 27.7 Å². The average molecular weight is 441 g/mol. The number of hydrogen-bond donors (Lipinski definition) is 1. The summed E-state index contributed by atoms with van der Waals surface area (Å²) < 4.78 is 45.5. The molecule has 5 rings (SSSR count). The molecule has 1 aliphatic heterocycles. The van der Waals surface area contributed by atoms with Gasteiger partial charge in [-0.15, -0.1) is 0 Å². The number of hydrogen-bond acceptors (Lipinski definition) is 5. The molecular formula is C23H18F3N3O3. The summed E-state index contributed by atoms with van der Waals surface area (Å²) in [6.45, 7) is 2.77. The topological polar surface area (TPSA) is 79.5 Å². The maximum absolute atomic E-state index is 13.3. The van der Waals surface area contributed by atoms with Crippen LogP contribution in [0.2, 0.25) is 0 Å². The fourth-order valence-electron chi connectivity index (χ4n) is 4.20. The van der Waals surface area contributed by atoms with Gasteiger partial charge in [0.25, 0.3) is 0 Å². The zero-order valence-electron chi connectivity index (χ0n) is 17.0. The van der Waals surface area contributed by atoms with Gasteiger partial charge in [-0.05, 0) is 56.2 Å². The summed E-state index contributed by atoms with van der Waals surface area (Å²) in [5.41, 5.74) is 1.31. The molecule has 6 nitrogen and oxygen atoms in total. The number of benzene rings is 2. The van der Waals surface area contributed by atoms with Gasteiger partial charge in [0.2, 0.25) is 0 Å². The Balaban J connectivity index is 1.77. The van der Waals surface area contributed by atoms with E-state index in [4.69, 9.17) is 14.4 Å². The van der Waals surface area contributed by atoms with Gasteiger partial charge >= 0.3 is 12.1 Å². The first-order chi connectivity index (χ1) is 15.2. The van der Waals surface area contributed by atoms with Gasteiger partial charge in [0, 0.05) is 18.0 Å². The van der Waals surface area contributed by atoms with E-state index in [0.717, 1.165) is 31.5 Å². The van der Waals surface area contributed by atoms with Gasteiger partial charge in [-0.3, -0.25) is 0 Å². The van der Waals surface area contributed by atoms with Crippen molar-refractivity contribution in [1.29, 1.82) is 0 Å². The lowest BCUT2D eigenvalue weighted by molar-refractivity contribution is -0.137. The van der Waals surface area contributed by atoms with Crippen molar-refractivity contribution in [3.63, 3.8) is 0 Å². The Labute approximate surface area is 180 Å². The normalized spacial score (nSPS) is 16.9. The van der Waals surface area contributed by atoms with E-state index in [1.54, 1.807) is 6.07 Å². The maximum atomic E-state index is 13.3. The van der Waals surface area contributed by atoms with E-state index in [0.29, 0.717) is 39.1 Å². The van der Waals surface area contributed by atoms with Gasteiger partial charge in [-0.25, -0.2) is 14.8 Å². The van der Waals surface area contributed by atoms with Crippen LogP contribution in [0.1, 0.15) is 35.7 Å². The first kappa shape index (κ1) is 20.3. The molecule has 2 aromatic heterocycles. The molecule has 0 radical (unpaired) electrons. The molecule has 32 heavy (non-hydrogen) atoms. The molecule has 0 saturated carbocycles. The molecule has 3 heterocycles. The second-order valence-electron chi connectivity index (χ2n) is 7.95. The van der Waals surface area contributed by atoms with Crippen LogP contribution in [0.4, 0.5) is 19.0 Å². The second-order valence-corrected chi connectivity index (χ2v) is 7.95. The summed E-state index contributed by atoms with van der Waals surface area (Å²) in [5.74, 6) is -0.570. The molecule has 0 bridgehead atoms. The average Bonchev–Trinajstić information content (AvgIpc) is 3.37. The molecule has 1 N–H and O–H groups in total. The van der Waals surface area contributed by atoms with Crippen LogP contribution in [-0.4, -0.2) is 33.6 Å². The Hall–Kier alpha value is -3.62. The summed E-state index contributed by atoms with van der Waals surface area (Å²) in [4.78, 5) is 22.9. The summed E-state index contributed by atoms with van der Waals surface area (Å²) in [7, 11) is 0. The number of fused-ring (bicyclic) bond motifs is 2. The minimum absolute atomic E-state index is 0.0866. The highest BCUT2D eigenvalue weighted by atomic mass is 19.4. The Bertz CT molecular complexity index is 1360. The highest BCUT2D eigenvalue weighted by Gasteiger charge is 2.32. The monoisotopic (exact) mass is 441 g/mol. The number of rotatable bonds is 3. The van der Waals surface area contributed by atoms with Crippen LogP contribution in [0.25, 0.3) is 33.3 Å². The fraction of sp³-hybridized carbons (Fsp3) is 0.261. The van der Waals surface area contributed by atoms with Gasteiger partial charge in [-0.1, -0.05) is 0 Å². The fourth-order valence-corrected chi connectivity index (χ4v) is 4.20. The molecular weight excluding hydrogens is 423 g/mol. The highest BCUT2D eigenvalue weighted by Crippen LogP contribution is 2.40. The zero-order valence-corrected chi connectivity index (χ0v) is 17.0. The summed E-state index contributed by atoms with van der Waals surface area (Å²) in [5, 5.41) is 9.61. The minimum Gasteiger partial charge on any atom is -0.478 e. The smallest absolute Gasteiger partial charge is 0.416 e. The molecule has 1 atom stereocenters. The van der Waals surface area contributed by atoms with Crippen molar-refractivity contribution in [3.05, 3.63) is 53.8 Å². The van der Waals surface area contributed by atoms with Crippen molar-refractivity contribution >= 4 is 33.8 Å². The van der Waals surface area contributed by atoms with E-state index in [2.05, 4.69) is 4.90 Å². The SMILES string of the molecule is C[C@H]1CCCN1c1nc2cc(C(=O)O)ccc2nc1-c1coc2ccc(C(F)(F)F)cc12. The van der Waals surface area contributed by atoms with Crippen molar-refractivity contribution in [2.45, 2.75) is 32.0 Å². The number of aromatic nitrogens is 2. The highest BCUT2D eigenvalue weighted by molar-refractivity contribution is 5.98. The van der Waals surface area contributed by atoms with Gasteiger partial charge < -0.3 is 14.4 Å². The van der Waals surface area contributed by atoms with Gasteiger partial charge in [0.1, 0.15) is 17.5 Å². The molecule has 2 aromatic carbocycles. The number of aromatic carboxylic acids is 1. The predicted molar refractivity (Wildman–Crippen MR) is 113 cm³/mol. The van der Waals surface area contributed by atoms with Crippen molar-refractivity contribution in [2.75, 3.05) is 11.4 Å². The van der Waals surface area contributed by atoms with E-state index >= 15 is 0 Å². The van der Waals surface area contributed by atoms with E-state index in [-0.39, 0.29) is 11.6 Å². The summed E-state index contributed by atoms with van der Waals surface area (Å²) in [6.07, 6.45) is -1.20. The van der Waals surface area contributed by atoms with E-state index in [9.17, 15) is 23.1 Å². The number of alkyl halides is 3. The molecule has 0 unspecified atom stereocenters. The Morgan fingerprint density at radius 2 is 1.97 bits per heavy atom. The molecule has 1 fully saturated rings. The largest absolute Gasteiger partial charge is 0.478 e. The van der Waals surface area contributed by atoms with E-state index in [1.807, 2.05) is 6.92 Å². The van der Waals surface area contributed by atoms with Crippen molar-refractivity contribution in [2.24, 2.45) is 0 Å². The Morgan fingerprint density at radius 1 is 1.16 bits per heavy atom. The quantitative estimate of drug-likeness (QED) is 0.436. The molecule has 9 heteroatoms. The van der Waals surface area contributed by atoms with Crippen LogP contribution >= 0.6 is 0 Å². The standard InChI is InChI=1S/C23H18F3N3O3/c1-12-3-2-8-29(12)21-20(27-17-6-4-13(22(30)31)9-18(17)28-21)16-11-32-19-7-5-14(10-15(16)19)23(24,25)26/h4-7,9-12H,2-3,8H2,1H3,(H,30,31)/t12-/m0/s1. The van der Waals surface area contributed by atoms with Crippen LogP contribution in [0, 0.1) is 0 Å². The molecule has 0 aliphatic carbocycles. The lowest BCUT2D eigenvalue weighted by atomic mass is 10.1. The molecule has 1 aliphatic rings. The lowest BCUT2D eigenvalue weighted by Gasteiger charge is -2.25. The van der Waals surface area contributed by atoms with Crippen LogP contribution < -0.4 is 4.90 Å². The van der Waals surface area contributed by atoms with E-state index < -0.39 is 17.7 Å². The Kier molecular flexibility index (Phi) is 4.58. The Morgan fingerprint density at radius 3 is 2.66 bits per heavy atom.